The van der Waals surface area contributed by atoms with E-state index in [0.29, 0.717) is 0 Å². The molecule has 0 heterocycles. The molecule has 0 amide bonds. The van der Waals surface area contributed by atoms with E-state index in [0.717, 1.165) is 0 Å². The fourth-order valence-corrected chi connectivity index (χ4v) is 1.40. The highest BCUT2D eigenvalue weighted by atomic mass is 32.2. The zero-order chi connectivity index (χ0) is 19.0. The standard InChI is InChI=1S/C8H10F4O10S2/c9-7(10,23-22-21-15)5(13)19-3-1-2-4-20-6(14)8(11,12)24(16,17)18/h15H,1-4H2,(H,16,17,18)/p-2. The van der Waals surface area contributed by atoms with E-state index in [2.05, 4.69) is 18.8 Å². The number of alkyl halides is 4. The Hall–Kier alpha value is -1.20. The highest BCUT2D eigenvalue weighted by molar-refractivity contribution is 7.96. The molecule has 0 saturated heterocycles. The van der Waals surface area contributed by atoms with Gasteiger partial charge < -0.3 is 19.3 Å². The van der Waals surface area contributed by atoms with Crippen molar-refractivity contribution < 1.29 is 64.2 Å². The Bertz CT molecular complexity index is 537. The van der Waals surface area contributed by atoms with Gasteiger partial charge in [-0.3, -0.25) is 5.04 Å². The monoisotopic (exact) mass is 404 g/mol. The Kier molecular flexibility index (Phi) is 8.86. The molecule has 0 aliphatic rings. The van der Waals surface area contributed by atoms with E-state index >= 15 is 0 Å². The Morgan fingerprint density at radius 2 is 1.46 bits per heavy atom. The molecule has 0 fully saturated rings. The molecule has 0 atom stereocenters. The van der Waals surface area contributed by atoms with Crippen LogP contribution in [-0.2, 0) is 38.6 Å². The molecule has 0 saturated carbocycles. The third-order valence-electron chi connectivity index (χ3n) is 1.96. The molecule has 10 nitrogen and oxygen atoms in total. The second-order valence-corrected chi connectivity index (χ2v) is 5.92. The fraction of sp³-hybridized carbons (Fsp3) is 0.750. The lowest BCUT2D eigenvalue weighted by molar-refractivity contribution is -0.777. The average molecular weight is 404 g/mol. The minimum absolute atomic E-state index is 0.242. The molecule has 0 aromatic carbocycles. The van der Waals surface area contributed by atoms with Crippen LogP contribution in [-0.4, -0.2) is 48.6 Å². The highest BCUT2D eigenvalue weighted by Crippen LogP contribution is 2.31. The Labute approximate surface area is 135 Å². The zero-order valence-corrected chi connectivity index (χ0v) is 12.9. The minimum Gasteiger partial charge on any atom is -0.743 e. The zero-order valence-electron chi connectivity index (χ0n) is 11.2. The number of hydrogen-bond acceptors (Lipinski definition) is 11. The first-order valence-corrected chi connectivity index (χ1v) is 7.71. The summed E-state index contributed by atoms with van der Waals surface area (Å²) in [6.45, 7) is -1.44. The minimum atomic E-state index is -6.24. The molecule has 0 aliphatic heterocycles. The second-order valence-electron chi connectivity index (χ2n) is 3.69. The SMILES string of the molecule is O=C(OCCCCOC(=O)C(F)(F)S(=O)(=O)[O-])C(F)(F)SOO[O-]. The number of ether oxygens (including phenoxy) is 2. The smallest absolute Gasteiger partial charge is 0.428 e. The van der Waals surface area contributed by atoms with Crippen molar-refractivity contribution in [2.45, 2.75) is 23.4 Å². The normalized spacial score (nSPS) is 12.8. The van der Waals surface area contributed by atoms with E-state index in [9.17, 15) is 45.4 Å². The summed E-state index contributed by atoms with van der Waals surface area (Å²) in [5.74, 6) is -4.68. The van der Waals surface area contributed by atoms with Gasteiger partial charge in [-0.05, 0) is 12.8 Å². The van der Waals surface area contributed by atoms with E-state index < -0.39 is 57.8 Å². The lowest BCUT2D eigenvalue weighted by Gasteiger charge is -2.18. The number of esters is 2. The van der Waals surface area contributed by atoms with Gasteiger partial charge in [0.05, 0.1) is 13.2 Å². The molecule has 0 rings (SSSR count). The first-order valence-electron chi connectivity index (χ1n) is 5.56. The Morgan fingerprint density at radius 1 is 1.00 bits per heavy atom. The first kappa shape index (κ1) is 22.8. The third kappa shape index (κ3) is 7.14. The molecule has 16 heteroatoms. The van der Waals surface area contributed by atoms with Crippen LogP contribution in [0.25, 0.3) is 0 Å². The molecule has 0 N–H and O–H groups in total. The second kappa shape index (κ2) is 9.33. The number of rotatable bonds is 11. The van der Waals surface area contributed by atoms with Crippen molar-refractivity contribution in [1.29, 1.82) is 0 Å². The first-order chi connectivity index (χ1) is 10.9. The van der Waals surface area contributed by atoms with E-state index in [1.807, 2.05) is 0 Å². The van der Waals surface area contributed by atoms with Gasteiger partial charge in [-0.1, -0.05) is 0 Å². The van der Waals surface area contributed by atoms with Crippen molar-refractivity contribution in [1.82, 2.24) is 0 Å². The summed E-state index contributed by atoms with van der Waals surface area (Å²) < 4.78 is 92.4. The quantitative estimate of drug-likeness (QED) is 0.0830. The summed E-state index contributed by atoms with van der Waals surface area (Å²) in [7, 11) is -6.24. The summed E-state index contributed by atoms with van der Waals surface area (Å²) in [6.07, 6.45) is -0.527. The maximum atomic E-state index is 12.8. The summed E-state index contributed by atoms with van der Waals surface area (Å²) in [6, 6.07) is 0. The largest absolute Gasteiger partial charge is 0.743 e. The molecule has 0 radical (unpaired) electrons. The summed E-state index contributed by atoms with van der Waals surface area (Å²) in [5, 5.41) is 2.44. The summed E-state index contributed by atoms with van der Waals surface area (Å²) in [5.41, 5.74) is 0. The van der Waals surface area contributed by atoms with Crippen molar-refractivity contribution in [2.24, 2.45) is 0 Å². The third-order valence-corrected chi connectivity index (χ3v) is 3.25. The molecule has 0 bridgehead atoms. The number of carbonyl (C=O) groups excluding carboxylic acids is 2. The van der Waals surface area contributed by atoms with E-state index in [1.54, 1.807) is 0 Å². The van der Waals surface area contributed by atoms with Crippen LogP contribution in [0.1, 0.15) is 12.8 Å². The van der Waals surface area contributed by atoms with E-state index in [-0.39, 0.29) is 12.8 Å². The van der Waals surface area contributed by atoms with Crippen LogP contribution in [0.4, 0.5) is 17.6 Å². The molecule has 142 valence electrons. The lowest BCUT2D eigenvalue weighted by atomic mass is 10.3. The van der Waals surface area contributed by atoms with Gasteiger partial charge in [0.25, 0.3) is 0 Å². The van der Waals surface area contributed by atoms with Crippen LogP contribution < -0.4 is 5.26 Å². The maximum Gasteiger partial charge on any atom is 0.428 e. The molecule has 0 aromatic heterocycles. The van der Waals surface area contributed by atoms with E-state index in [1.165, 1.54) is 0 Å². The van der Waals surface area contributed by atoms with Crippen LogP contribution in [0.5, 0.6) is 0 Å². The van der Waals surface area contributed by atoms with Gasteiger partial charge >= 0.3 is 22.4 Å². The van der Waals surface area contributed by atoms with Gasteiger partial charge in [0.15, 0.2) is 10.1 Å². The molecule has 0 unspecified atom stereocenters. The van der Waals surface area contributed by atoms with Crippen LogP contribution in [0.3, 0.4) is 0 Å². The molecular weight excluding hydrogens is 396 g/mol. The van der Waals surface area contributed by atoms with Crippen LogP contribution >= 0.6 is 12.0 Å². The predicted molar refractivity (Wildman–Crippen MR) is 60.5 cm³/mol. The van der Waals surface area contributed by atoms with Crippen molar-refractivity contribution >= 4 is 34.1 Å². The van der Waals surface area contributed by atoms with Crippen molar-refractivity contribution in [3.8, 4) is 0 Å². The molecule has 24 heavy (non-hydrogen) atoms. The molecule has 0 aromatic rings. The van der Waals surface area contributed by atoms with Gasteiger partial charge in [-0.2, -0.15) is 21.9 Å². The molecular formula is C8H8F4O10S2-2. The average Bonchev–Trinajstić information content (AvgIpc) is 2.46. The van der Waals surface area contributed by atoms with Gasteiger partial charge in [0.2, 0.25) is 0 Å². The molecule has 0 aliphatic carbocycles. The lowest BCUT2D eigenvalue weighted by Crippen LogP contribution is -2.39. The van der Waals surface area contributed by atoms with Crippen molar-refractivity contribution in [2.75, 3.05) is 13.2 Å². The topological polar surface area (TPSA) is 151 Å². The summed E-state index contributed by atoms with van der Waals surface area (Å²) in [4.78, 5) is 21.5. The highest BCUT2D eigenvalue weighted by Gasteiger charge is 2.48. The number of hydrogen-bond donors (Lipinski definition) is 0. The fourth-order valence-electron chi connectivity index (χ4n) is 0.895. The van der Waals surface area contributed by atoms with Gasteiger partial charge in [0.1, 0.15) is 12.0 Å². The van der Waals surface area contributed by atoms with Gasteiger partial charge in [0, 0.05) is 0 Å². The Balaban J connectivity index is 4.04. The number of unbranched alkanes of at least 4 members (excludes halogenated alkanes) is 1. The van der Waals surface area contributed by atoms with Crippen molar-refractivity contribution in [3.05, 3.63) is 0 Å². The van der Waals surface area contributed by atoms with Crippen molar-refractivity contribution in [3.63, 3.8) is 0 Å². The van der Waals surface area contributed by atoms with Crippen LogP contribution in [0, 0.1) is 0 Å². The number of halogens is 4. The predicted octanol–water partition coefficient (Wildman–Crippen LogP) is -0.544. The maximum absolute atomic E-state index is 12.8. The number of carbonyl (C=O) groups is 2. The van der Waals surface area contributed by atoms with Gasteiger partial charge in [-0.15, -0.1) is 0 Å². The Morgan fingerprint density at radius 3 is 1.88 bits per heavy atom. The van der Waals surface area contributed by atoms with Crippen LogP contribution in [0.15, 0.2) is 0 Å². The van der Waals surface area contributed by atoms with E-state index in [4.69, 9.17) is 0 Å². The van der Waals surface area contributed by atoms with Crippen LogP contribution in [0.2, 0.25) is 0 Å². The van der Waals surface area contributed by atoms with Gasteiger partial charge in [-0.25, -0.2) is 18.0 Å². The summed E-state index contributed by atoms with van der Waals surface area (Å²) >= 11 is -0.918. The molecule has 0 spiro atoms.